The molecule has 0 saturated carbocycles. The van der Waals surface area contributed by atoms with Gasteiger partial charge in [0.05, 0.1) is 11.4 Å². The van der Waals surface area contributed by atoms with Crippen LogP contribution < -0.4 is 5.32 Å². The van der Waals surface area contributed by atoms with Crippen LogP contribution >= 0.6 is 15.9 Å². The number of carbonyl (C=O) groups is 2. The van der Waals surface area contributed by atoms with Crippen LogP contribution in [0.3, 0.4) is 0 Å². The molecule has 6 heteroatoms. The van der Waals surface area contributed by atoms with Crippen LogP contribution in [0, 0.1) is 0 Å². The minimum atomic E-state index is -0.290. The van der Waals surface area contributed by atoms with Gasteiger partial charge >= 0.3 is 0 Å². The molecule has 2 aromatic rings. The molecule has 1 aromatic carbocycles. The Bertz CT molecular complexity index is 692. The standard InChI is InChI=1S/C13H12BrN3O2/c1-17-6-10-9(4-7(14)5-11(10)16-17)8-2-3-12(18)15-13(8)19/h4-6,8H,2-3H2,1H3,(H,15,18,19). The Kier molecular flexibility index (Phi) is 2.89. The highest BCUT2D eigenvalue weighted by Gasteiger charge is 2.29. The summed E-state index contributed by atoms with van der Waals surface area (Å²) in [6.07, 6.45) is 2.83. The molecule has 1 aliphatic heterocycles. The smallest absolute Gasteiger partial charge is 0.234 e. The summed E-state index contributed by atoms with van der Waals surface area (Å²) in [5, 5.41) is 7.71. The molecule has 3 rings (SSSR count). The molecule has 1 aliphatic rings. The highest BCUT2D eigenvalue weighted by atomic mass is 79.9. The van der Waals surface area contributed by atoms with Gasteiger partial charge in [0.1, 0.15) is 0 Å². The SMILES string of the molecule is Cn1cc2c(C3CCC(=O)NC3=O)cc(Br)cc2n1. The van der Waals surface area contributed by atoms with Gasteiger partial charge in [-0.15, -0.1) is 0 Å². The molecule has 1 fully saturated rings. The summed E-state index contributed by atoms with van der Waals surface area (Å²) in [4.78, 5) is 23.2. The lowest BCUT2D eigenvalue weighted by Gasteiger charge is -2.21. The lowest BCUT2D eigenvalue weighted by atomic mass is 9.88. The maximum atomic E-state index is 12.0. The molecule has 0 aliphatic carbocycles. The van der Waals surface area contributed by atoms with E-state index in [1.807, 2.05) is 25.4 Å². The summed E-state index contributed by atoms with van der Waals surface area (Å²) in [5.41, 5.74) is 1.76. The third-order valence-corrected chi connectivity index (χ3v) is 3.81. The first kappa shape index (κ1) is 12.3. The number of aromatic nitrogens is 2. The van der Waals surface area contributed by atoms with Crippen LogP contribution in [0.2, 0.25) is 0 Å². The third-order valence-electron chi connectivity index (χ3n) is 3.35. The molecule has 19 heavy (non-hydrogen) atoms. The van der Waals surface area contributed by atoms with Gasteiger partial charge < -0.3 is 0 Å². The number of carbonyl (C=O) groups excluding carboxylic acids is 2. The molecule has 98 valence electrons. The lowest BCUT2D eigenvalue weighted by molar-refractivity contribution is -0.134. The van der Waals surface area contributed by atoms with Gasteiger partial charge in [0, 0.05) is 29.5 Å². The van der Waals surface area contributed by atoms with Crippen LogP contribution in [0.4, 0.5) is 0 Å². The second-order valence-electron chi connectivity index (χ2n) is 4.73. The molecule has 2 amide bonds. The number of rotatable bonds is 1. The molecule has 1 aromatic heterocycles. The molecular weight excluding hydrogens is 310 g/mol. The maximum Gasteiger partial charge on any atom is 0.234 e. The van der Waals surface area contributed by atoms with E-state index in [4.69, 9.17) is 0 Å². The van der Waals surface area contributed by atoms with Gasteiger partial charge in [0.2, 0.25) is 11.8 Å². The summed E-state index contributed by atoms with van der Waals surface area (Å²) < 4.78 is 2.62. The fourth-order valence-corrected chi connectivity index (χ4v) is 2.98. The van der Waals surface area contributed by atoms with Crippen LogP contribution in [-0.2, 0) is 16.6 Å². The number of imide groups is 1. The molecule has 0 bridgehead atoms. The number of aryl methyl sites for hydroxylation is 1. The molecule has 2 heterocycles. The van der Waals surface area contributed by atoms with Gasteiger partial charge in [0.25, 0.3) is 0 Å². The topological polar surface area (TPSA) is 64.0 Å². The summed E-state index contributed by atoms with van der Waals surface area (Å²) >= 11 is 3.44. The normalized spacial score (nSPS) is 19.8. The fraction of sp³-hybridized carbons (Fsp3) is 0.308. The van der Waals surface area contributed by atoms with Crippen molar-refractivity contribution in [3.05, 3.63) is 28.4 Å². The number of hydrogen-bond acceptors (Lipinski definition) is 3. The van der Waals surface area contributed by atoms with E-state index in [0.717, 1.165) is 20.9 Å². The van der Waals surface area contributed by atoms with Gasteiger partial charge in [-0.05, 0) is 24.1 Å². The average molecular weight is 322 g/mol. The van der Waals surface area contributed by atoms with E-state index in [1.165, 1.54) is 0 Å². The predicted octanol–water partition coefficient (Wildman–Crippen LogP) is 1.86. The second kappa shape index (κ2) is 4.45. The maximum absolute atomic E-state index is 12.0. The summed E-state index contributed by atoms with van der Waals surface area (Å²) in [6, 6.07) is 3.86. The molecule has 1 N–H and O–H groups in total. The summed E-state index contributed by atoms with van der Waals surface area (Å²) in [5.74, 6) is -0.708. The summed E-state index contributed by atoms with van der Waals surface area (Å²) in [7, 11) is 1.85. The number of nitrogens with one attached hydrogen (secondary N) is 1. The zero-order valence-electron chi connectivity index (χ0n) is 10.3. The quantitative estimate of drug-likeness (QED) is 0.815. The number of nitrogens with zero attached hydrogens (tertiary/aromatic N) is 2. The predicted molar refractivity (Wildman–Crippen MR) is 73.5 cm³/mol. The number of piperidine rings is 1. The van der Waals surface area contributed by atoms with Gasteiger partial charge in [-0.1, -0.05) is 15.9 Å². The molecule has 0 radical (unpaired) electrons. The van der Waals surface area contributed by atoms with Crippen molar-refractivity contribution < 1.29 is 9.59 Å². The van der Waals surface area contributed by atoms with Crippen molar-refractivity contribution in [1.82, 2.24) is 15.1 Å². The lowest BCUT2D eigenvalue weighted by Crippen LogP contribution is -2.39. The number of benzene rings is 1. The third kappa shape index (κ3) is 2.16. The first-order chi connectivity index (χ1) is 9.04. The van der Waals surface area contributed by atoms with Gasteiger partial charge in [-0.3, -0.25) is 19.6 Å². The van der Waals surface area contributed by atoms with Crippen molar-refractivity contribution in [2.24, 2.45) is 7.05 Å². The Balaban J connectivity index is 2.13. The van der Waals surface area contributed by atoms with Crippen molar-refractivity contribution in [3.8, 4) is 0 Å². The monoisotopic (exact) mass is 321 g/mol. The molecule has 1 unspecified atom stereocenters. The first-order valence-electron chi connectivity index (χ1n) is 6.01. The number of hydrogen-bond donors (Lipinski definition) is 1. The van der Waals surface area contributed by atoms with E-state index in [9.17, 15) is 9.59 Å². The summed E-state index contributed by atoms with van der Waals surface area (Å²) in [6.45, 7) is 0. The zero-order valence-corrected chi connectivity index (χ0v) is 11.9. The van der Waals surface area contributed by atoms with Crippen molar-refractivity contribution in [3.63, 3.8) is 0 Å². The zero-order chi connectivity index (χ0) is 13.6. The molecule has 1 saturated heterocycles. The molecule has 0 spiro atoms. The first-order valence-corrected chi connectivity index (χ1v) is 6.80. The highest BCUT2D eigenvalue weighted by molar-refractivity contribution is 9.10. The highest BCUT2D eigenvalue weighted by Crippen LogP contribution is 2.33. The van der Waals surface area contributed by atoms with Crippen molar-refractivity contribution in [2.75, 3.05) is 0 Å². The Morgan fingerprint density at radius 1 is 1.42 bits per heavy atom. The van der Waals surface area contributed by atoms with Crippen LogP contribution in [0.15, 0.2) is 22.8 Å². The second-order valence-corrected chi connectivity index (χ2v) is 5.65. The van der Waals surface area contributed by atoms with Crippen molar-refractivity contribution in [2.45, 2.75) is 18.8 Å². The van der Waals surface area contributed by atoms with Gasteiger partial charge in [-0.25, -0.2) is 0 Å². The van der Waals surface area contributed by atoms with E-state index in [0.29, 0.717) is 12.8 Å². The van der Waals surface area contributed by atoms with E-state index >= 15 is 0 Å². The Morgan fingerprint density at radius 2 is 2.21 bits per heavy atom. The van der Waals surface area contributed by atoms with Crippen molar-refractivity contribution >= 4 is 38.6 Å². The van der Waals surface area contributed by atoms with Crippen LogP contribution in [0.25, 0.3) is 10.9 Å². The van der Waals surface area contributed by atoms with E-state index in [2.05, 4.69) is 26.3 Å². The van der Waals surface area contributed by atoms with Gasteiger partial charge in [-0.2, -0.15) is 5.10 Å². The largest absolute Gasteiger partial charge is 0.296 e. The minimum absolute atomic E-state index is 0.196. The van der Waals surface area contributed by atoms with Gasteiger partial charge in [0.15, 0.2) is 0 Å². The Labute approximate surface area is 118 Å². The van der Waals surface area contributed by atoms with E-state index in [-0.39, 0.29) is 17.7 Å². The Morgan fingerprint density at radius 3 is 2.95 bits per heavy atom. The van der Waals surface area contributed by atoms with Crippen LogP contribution in [0.1, 0.15) is 24.3 Å². The average Bonchev–Trinajstić information content (AvgIpc) is 2.68. The fourth-order valence-electron chi connectivity index (χ4n) is 2.51. The number of fused-ring (bicyclic) bond motifs is 1. The number of amides is 2. The minimum Gasteiger partial charge on any atom is -0.296 e. The van der Waals surface area contributed by atoms with Crippen LogP contribution in [-0.4, -0.2) is 21.6 Å². The molecular formula is C13H12BrN3O2. The van der Waals surface area contributed by atoms with E-state index < -0.39 is 0 Å². The molecule has 5 nitrogen and oxygen atoms in total. The molecule has 1 atom stereocenters. The van der Waals surface area contributed by atoms with Crippen molar-refractivity contribution in [1.29, 1.82) is 0 Å². The Hall–Kier alpha value is -1.69. The van der Waals surface area contributed by atoms with E-state index in [1.54, 1.807) is 4.68 Å². The van der Waals surface area contributed by atoms with Crippen LogP contribution in [0.5, 0.6) is 0 Å². The number of halogens is 1.